The zero-order valence-electron chi connectivity index (χ0n) is 9.99. The molecule has 3 heteroatoms. The van der Waals surface area contributed by atoms with Crippen LogP contribution in [0.2, 0.25) is 0 Å². The Morgan fingerprint density at radius 3 is 2.67 bits per heavy atom. The number of likely N-dealkylation sites (N-methyl/N-ethyl adjacent to an activating group) is 1. The molecule has 15 heavy (non-hydrogen) atoms. The predicted octanol–water partition coefficient (Wildman–Crippen LogP) is 2.32. The van der Waals surface area contributed by atoms with Crippen molar-refractivity contribution in [1.82, 2.24) is 4.90 Å². The van der Waals surface area contributed by atoms with E-state index >= 15 is 0 Å². The molecule has 1 aromatic rings. The minimum atomic E-state index is 0.213. The summed E-state index contributed by atoms with van der Waals surface area (Å²) >= 11 is 0. The zero-order valence-corrected chi connectivity index (χ0v) is 9.99. The Labute approximate surface area is 92.2 Å². The fourth-order valence-corrected chi connectivity index (χ4v) is 1.71. The number of hydrogen-bond donors (Lipinski definition) is 1. The molecule has 1 unspecified atom stereocenters. The van der Waals surface area contributed by atoms with E-state index < -0.39 is 0 Å². The standard InChI is InChI=1S/C12H22N2O/c1-4-5-8-14(3)11(9-13)12-7-6-10(2)15-12/h6-7,11H,4-5,8-9,13H2,1-3H3. The molecule has 86 valence electrons. The summed E-state index contributed by atoms with van der Waals surface area (Å²) in [4.78, 5) is 2.27. The molecule has 3 nitrogen and oxygen atoms in total. The highest BCUT2D eigenvalue weighted by Crippen LogP contribution is 2.20. The van der Waals surface area contributed by atoms with Crippen LogP contribution in [0.1, 0.15) is 37.3 Å². The maximum absolute atomic E-state index is 5.79. The first-order chi connectivity index (χ1) is 7.19. The quantitative estimate of drug-likeness (QED) is 0.783. The fourth-order valence-electron chi connectivity index (χ4n) is 1.71. The Balaban J connectivity index is 2.62. The van der Waals surface area contributed by atoms with Crippen molar-refractivity contribution in [3.05, 3.63) is 23.7 Å². The molecule has 0 aliphatic carbocycles. The summed E-state index contributed by atoms with van der Waals surface area (Å²) in [5, 5.41) is 0. The first kappa shape index (κ1) is 12.3. The van der Waals surface area contributed by atoms with Crippen molar-refractivity contribution in [2.45, 2.75) is 32.7 Å². The van der Waals surface area contributed by atoms with Gasteiger partial charge in [0.25, 0.3) is 0 Å². The first-order valence-electron chi connectivity index (χ1n) is 5.65. The molecule has 2 N–H and O–H groups in total. The van der Waals surface area contributed by atoms with Crippen molar-refractivity contribution in [1.29, 1.82) is 0 Å². The summed E-state index contributed by atoms with van der Waals surface area (Å²) in [6.07, 6.45) is 2.41. The Kier molecular flexibility index (Phi) is 4.85. The van der Waals surface area contributed by atoms with E-state index in [-0.39, 0.29) is 6.04 Å². The maximum atomic E-state index is 5.79. The molecule has 0 aromatic carbocycles. The predicted molar refractivity (Wildman–Crippen MR) is 62.8 cm³/mol. The summed E-state index contributed by atoms with van der Waals surface area (Å²) in [6, 6.07) is 4.23. The van der Waals surface area contributed by atoms with E-state index in [1.807, 2.05) is 19.1 Å². The van der Waals surface area contributed by atoms with Crippen LogP contribution in [-0.2, 0) is 0 Å². The summed E-state index contributed by atoms with van der Waals surface area (Å²) < 4.78 is 5.62. The van der Waals surface area contributed by atoms with Gasteiger partial charge in [0.05, 0.1) is 6.04 Å². The van der Waals surface area contributed by atoms with Crippen LogP contribution < -0.4 is 5.73 Å². The number of aryl methyl sites for hydroxylation is 1. The first-order valence-corrected chi connectivity index (χ1v) is 5.65. The van der Waals surface area contributed by atoms with E-state index in [0.29, 0.717) is 6.54 Å². The lowest BCUT2D eigenvalue weighted by molar-refractivity contribution is 0.216. The fraction of sp³-hybridized carbons (Fsp3) is 0.667. The molecule has 1 aromatic heterocycles. The third kappa shape index (κ3) is 3.36. The monoisotopic (exact) mass is 210 g/mol. The molecule has 1 rings (SSSR count). The van der Waals surface area contributed by atoms with Gasteiger partial charge in [-0.05, 0) is 39.1 Å². The van der Waals surface area contributed by atoms with E-state index in [9.17, 15) is 0 Å². The Morgan fingerprint density at radius 1 is 1.47 bits per heavy atom. The molecule has 0 saturated carbocycles. The number of rotatable bonds is 6. The van der Waals surface area contributed by atoms with Gasteiger partial charge in [0, 0.05) is 6.54 Å². The van der Waals surface area contributed by atoms with Crippen LogP contribution in [0.5, 0.6) is 0 Å². The summed E-state index contributed by atoms with van der Waals surface area (Å²) in [5.41, 5.74) is 5.79. The molecule has 0 fully saturated rings. The van der Waals surface area contributed by atoms with E-state index in [0.717, 1.165) is 18.1 Å². The number of hydrogen-bond acceptors (Lipinski definition) is 3. The van der Waals surface area contributed by atoms with Crippen LogP contribution in [0.25, 0.3) is 0 Å². The van der Waals surface area contributed by atoms with Crippen molar-refractivity contribution in [2.24, 2.45) is 5.73 Å². The second-order valence-electron chi connectivity index (χ2n) is 4.03. The number of unbranched alkanes of at least 4 members (excludes halogenated alkanes) is 1. The second kappa shape index (κ2) is 5.93. The van der Waals surface area contributed by atoms with Gasteiger partial charge in [-0.1, -0.05) is 13.3 Å². The van der Waals surface area contributed by atoms with Crippen molar-refractivity contribution in [3.63, 3.8) is 0 Å². The molecule has 0 radical (unpaired) electrons. The number of furan rings is 1. The Hall–Kier alpha value is -0.800. The molecule has 0 spiro atoms. The molecular weight excluding hydrogens is 188 g/mol. The minimum absolute atomic E-state index is 0.213. The summed E-state index contributed by atoms with van der Waals surface area (Å²) in [7, 11) is 2.10. The van der Waals surface area contributed by atoms with Gasteiger partial charge in [-0.25, -0.2) is 0 Å². The smallest absolute Gasteiger partial charge is 0.122 e. The molecule has 0 aliphatic rings. The second-order valence-corrected chi connectivity index (χ2v) is 4.03. The highest BCUT2D eigenvalue weighted by molar-refractivity contribution is 5.10. The highest BCUT2D eigenvalue weighted by Gasteiger charge is 2.17. The van der Waals surface area contributed by atoms with Gasteiger partial charge in [-0.15, -0.1) is 0 Å². The molecule has 1 atom stereocenters. The van der Waals surface area contributed by atoms with E-state index in [1.165, 1.54) is 12.8 Å². The third-order valence-electron chi connectivity index (χ3n) is 2.71. The number of nitrogens with zero attached hydrogens (tertiary/aromatic N) is 1. The van der Waals surface area contributed by atoms with Crippen LogP contribution in [0.15, 0.2) is 16.5 Å². The van der Waals surface area contributed by atoms with Crippen molar-refractivity contribution >= 4 is 0 Å². The van der Waals surface area contributed by atoms with Crippen molar-refractivity contribution < 1.29 is 4.42 Å². The van der Waals surface area contributed by atoms with Gasteiger partial charge in [0.2, 0.25) is 0 Å². The molecular formula is C12H22N2O. The van der Waals surface area contributed by atoms with Crippen LogP contribution in [-0.4, -0.2) is 25.0 Å². The normalized spacial score (nSPS) is 13.4. The lowest BCUT2D eigenvalue weighted by Gasteiger charge is -2.24. The third-order valence-corrected chi connectivity index (χ3v) is 2.71. The molecule has 1 heterocycles. The topological polar surface area (TPSA) is 42.4 Å². The average Bonchev–Trinajstić information content (AvgIpc) is 2.63. The van der Waals surface area contributed by atoms with Gasteiger partial charge >= 0.3 is 0 Å². The molecule has 0 bridgehead atoms. The maximum Gasteiger partial charge on any atom is 0.122 e. The Morgan fingerprint density at radius 2 is 2.20 bits per heavy atom. The van der Waals surface area contributed by atoms with Crippen molar-refractivity contribution in [3.8, 4) is 0 Å². The van der Waals surface area contributed by atoms with Crippen LogP contribution >= 0.6 is 0 Å². The molecule has 0 aliphatic heterocycles. The van der Waals surface area contributed by atoms with Crippen molar-refractivity contribution in [2.75, 3.05) is 20.1 Å². The summed E-state index contributed by atoms with van der Waals surface area (Å²) in [6.45, 7) is 5.83. The van der Waals surface area contributed by atoms with Gasteiger partial charge in [0.15, 0.2) is 0 Å². The lowest BCUT2D eigenvalue weighted by atomic mass is 10.2. The lowest BCUT2D eigenvalue weighted by Crippen LogP contribution is -2.31. The largest absolute Gasteiger partial charge is 0.465 e. The molecule has 0 saturated heterocycles. The van der Waals surface area contributed by atoms with Gasteiger partial charge < -0.3 is 10.2 Å². The minimum Gasteiger partial charge on any atom is -0.465 e. The summed E-state index contributed by atoms with van der Waals surface area (Å²) in [5.74, 6) is 1.93. The van der Waals surface area contributed by atoms with E-state index in [4.69, 9.17) is 10.2 Å². The SMILES string of the molecule is CCCCN(C)C(CN)c1ccc(C)o1. The van der Waals surface area contributed by atoms with Gasteiger partial charge in [-0.2, -0.15) is 0 Å². The highest BCUT2D eigenvalue weighted by atomic mass is 16.3. The Bertz CT molecular complexity index is 283. The number of nitrogens with two attached hydrogens (primary N) is 1. The van der Waals surface area contributed by atoms with Gasteiger partial charge in [-0.3, -0.25) is 4.90 Å². The van der Waals surface area contributed by atoms with Crippen LogP contribution in [0.3, 0.4) is 0 Å². The van der Waals surface area contributed by atoms with E-state index in [1.54, 1.807) is 0 Å². The van der Waals surface area contributed by atoms with E-state index in [2.05, 4.69) is 18.9 Å². The van der Waals surface area contributed by atoms with Crippen LogP contribution in [0, 0.1) is 6.92 Å². The molecule has 0 amide bonds. The average molecular weight is 210 g/mol. The zero-order chi connectivity index (χ0) is 11.3. The van der Waals surface area contributed by atoms with Gasteiger partial charge in [0.1, 0.15) is 11.5 Å². The van der Waals surface area contributed by atoms with Crippen LogP contribution in [0.4, 0.5) is 0 Å².